The molecule has 0 saturated carbocycles. The normalized spacial score (nSPS) is 12.9. The standard InChI is InChI=1S/C15H19N5O/c1-9(16-7-12-8-17-20(3)10(12)2)11-4-5-13-14(6-11)19-15(21)18-13/h4-6,8-9,16H,7H2,1-3H3,(H2,18,19,21). The minimum Gasteiger partial charge on any atom is -0.306 e. The molecule has 6 nitrogen and oxygen atoms in total. The number of H-pyrrole nitrogens is 2. The van der Waals surface area contributed by atoms with E-state index in [4.69, 9.17) is 0 Å². The Balaban J connectivity index is 1.75. The second-order valence-electron chi connectivity index (χ2n) is 5.37. The molecule has 3 aromatic rings. The fourth-order valence-corrected chi connectivity index (χ4v) is 2.42. The minimum absolute atomic E-state index is 0.172. The number of aromatic nitrogens is 4. The maximum atomic E-state index is 11.3. The molecule has 21 heavy (non-hydrogen) atoms. The lowest BCUT2D eigenvalue weighted by atomic mass is 10.1. The third-order valence-corrected chi connectivity index (χ3v) is 3.98. The monoisotopic (exact) mass is 285 g/mol. The van der Waals surface area contributed by atoms with E-state index in [0.29, 0.717) is 0 Å². The molecule has 1 atom stereocenters. The van der Waals surface area contributed by atoms with E-state index >= 15 is 0 Å². The van der Waals surface area contributed by atoms with E-state index in [1.807, 2.05) is 36.1 Å². The quantitative estimate of drug-likeness (QED) is 0.683. The highest BCUT2D eigenvalue weighted by Crippen LogP contribution is 2.18. The molecule has 3 N–H and O–H groups in total. The summed E-state index contributed by atoms with van der Waals surface area (Å²) in [5.74, 6) is 0. The van der Waals surface area contributed by atoms with Gasteiger partial charge in [0, 0.05) is 30.9 Å². The Hall–Kier alpha value is -2.34. The van der Waals surface area contributed by atoms with E-state index in [0.717, 1.165) is 23.1 Å². The molecular formula is C15H19N5O. The average Bonchev–Trinajstić information content (AvgIpc) is 2.98. The molecular weight excluding hydrogens is 266 g/mol. The Bertz CT molecular complexity index is 826. The zero-order valence-corrected chi connectivity index (χ0v) is 12.4. The number of rotatable bonds is 4. The Morgan fingerprint density at radius 3 is 2.81 bits per heavy atom. The molecule has 110 valence electrons. The topological polar surface area (TPSA) is 78.5 Å². The van der Waals surface area contributed by atoms with Crippen molar-refractivity contribution in [2.24, 2.45) is 7.05 Å². The minimum atomic E-state index is -0.172. The predicted octanol–water partition coefficient (Wildman–Crippen LogP) is 1.75. The van der Waals surface area contributed by atoms with Gasteiger partial charge in [-0.25, -0.2) is 4.79 Å². The zero-order chi connectivity index (χ0) is 15.0. The fourth-order valence-electron chi connectivity index (χ4n) is 2.42. The fraction of sp³-hybridized carbons (Fsp3) is 0.333. The lowest BCUT2D eigenvalue weighted by Gasteiger charge is -2.14. The molecule has 3 rings (SSSR count). The maximum Gasteiger partial charge on any atom is 0.323 e. The predicted molar refractivity (Wildman–Crippen MR) is 82.1 cm³/mol. The van der Waals surface area contributed by atoms with E-state index in [2.05, 4.69) is 34.2 Å². The summed E-state index contributed by atoms with van der Waals surface area (Å²) in [6.07, 6.45) is 1.89. The number of hydrogen-bond donors (Lipinski definition) is 3. The lowest BCUT2D eigenvalue weighted by molar-refractivity contribution is 0.573. The van der Waals surface area contributed by atoms with Gasteiger partial charge in [0.15, 0.2) is 0 Å². The Kier molecular flexibility index (Phi) is 3.39. The summed E-state index contributed by atoms with van der Waals surface area (Å²) in [6, 6.07) is 6.14. The molecule has 2 heterocycles. The summed E-state index contributed by atoms with van der Waals surface area (Å²) < 4.78 is 1.87. The third-order valence-electron chi connectivity index (χ3n) is 3.98. The van der Waals surface area contributed by atoms with Crippen molar-refractivity contribution >= 4 is 11.0 Å². The number of benzene rings is 1. The maximum absolute atomic E-state index is 11.3. The number of aromatic amines is 2. The highest BCUT2D eigenvalue weighted by Gasteiger charge is 2.09. The van der Waals surface area contributed by atoms with Crippen LogP contribution in [0.5, 0.6) is 0 Å². The van der Waals surface area contributed by atoms with Gasteiger partial charge in [-0.15, -0.1) is 0 Å². The molecule has 0 fully saturated rings. The van der Waals surface area contributed by atoms with Crippen LogP contribution in [0.25, 0.3) is 11.0 Å². The Morgan fingerprint density at radius 1 is 1.33 bits per heavy atom. The van der Waals surface area contributed by atoms with Gasteiger partial charge in [-0.2, -0.15) is 5.10 Å². The first-order valence-electron chi connectivity index (χ1n) is 6.97. The van der Waals surface area contributed by atoms with Gasteiger partial charge in [0.05, 0.1) is 17.2 Å². The van der Waals surface area contributed by atoms with Crippen molar-refractivity contribution in [3.63, 3.8) is 0 Å². The van der Waals surface area contributed by atoms with E-state index < -0.39 is 0 Å². The summed E-state index contributed by atoms with van der Waals surface area (Å²) in [7, 11) is 1.94. The van der Waals surface area contributed by atoms with Gasteiger partial charge in [0.1, 0.15) is 0 Å². The number of fused-ring (bicyclic) bond motifs is 1. The summed E-state index contributed by atoms with van der Waals surface area (Å²) in [5, 5.41) is 7.73. The number of nitrogens with one attached hydrogen (secondary N) is 3. The first kappa shape index (κ1) is 13.6. The highest BCUT2D eigenvalue weighted by atomic mass is 16.1. The first-order valence-corrected chi connectivity index (χ1v) is 6.97. The Morgan fingerprint density at radius 2 is 2.10 bits per heavy atom. The van der Waals surface area contributed by atoms with E-state index in [1.165, 1.54) is 11.3 Å². The third kappa shape index (κ3) is 2.62. The van der Waals surface area contributed by atoms with E-state index in [-0.39, 0.29) is 11.7 Å². The molecule has 0 aliphatic rings. The molecule has 0 amide bonds. The molecule has 0 aliphatic carbocycles. The van der Waals surface area contributed by atoms with Crippen molar-refractivity contribution in [3.8, 4) is 0 Å². The second kappa shape index (κ2) is 5.21. The van der Waals surface area contributed by atoms with Gasteiger partial charge in [-0.1, -0.05) is 6.07 Å². The van der Waals surface area contributed by atoms with Crippen LogP contribution < -0.4 is 11.0 Å². The molecule has 0 aliphatic heterocycles. The SMILES string of the molecule is Cc1c(CNC(C)c2ccc3[nH]c(=O)[nH]c3c2)cnn1C. The van der Waals surface area contributed by atoms with Crippen LogP contribution in [0, 0.1) is 6.92 Å². The number of aryl methyl sites for hydroxylation is 1. The van der Waals surface area contributed by atoms with Gasteiger partial charge in [-0.3, -0.25) is 4.68 Å². The largest absolute Gasteiger partial charge is 0.323 e. The van der Waals surface area contributed by atoms with Crippen LogP contribution in [0.1, 0.15) is 29.8 Å². The summed E-state index contributed by atoms with van der Waals surface area (Å²) in [4.78, 5) is 16.8. The van der Waals surface area contributed by atoms with Crippen molar-refractivity contribution in [1.29, 1.82) is 0 Å². The van der Waals surface area contributed by atoms with Crippen molar-refractivity contribution < 1.29 is 0 Å². The number of nitrogens with zero attached hydrogens (tertiary/aromatic N) is 2. The van der Waals surface area contributed by atoms with Crippen LogP contribution in [0.15, 0.2) is 29.2 Å². The van der Waals surface area contributed by atoms with Crippen molar-refractivity contribution in [3.05, 3.63) is 51.7 Å². The smallest absolute Gasteiger partial charge is 0.306 e. The van der Waals surface area contributed by atoms with Crippen LogP contribution in [0.4, 0.5) is 0 Å². The number of hydrogen-bond acceptors (Lipinski definition) is 3. The highest BCUT2D eigenvalue weighted by molar-refractivity contribution is 5.75. The molecule has 1 aromatic carbocycles. The van der Waals surface area contributed by atoms with Crippen LogP contribution in [0.3, 0.4) is 0 Å². The van der Waals surface area contributed by atoms with Gasteiger partial charge in [-0.05, 0) is 31.5 Å². The first-order chi connectivity index (χ1) is 10.0. The molecule has 0 spiro atoms. The van der Waals surface area contributed by atoms with E-state index in [1.54, 1.807) is 0 Å². The van der Waals surface area contributed by atoms with Gasteiger partial charge in [0.2, 0.25) is 0 Å². The molecule has 2 aromatic heterocycles. The van der Waals surface area contributed by atoms with Crippen LogP contribution in [-0.4, -0.2) is 19.7 Å². The number of imidazole rings is 1. The molecule has 0 saturated heterocycles. The molecule has 1 unspecified atom stereocenters. The summed E-state index contributed by atoms with van der Waals surface area (Å²) in [6.45, 7) is 4.94. The second-order valence-corrected chi connectivity index (χ2v) is 5.37. The van der Waals surface area contributed by atoms with Crippen LogP contribution in [-0.2, 0) is 13.6 Å². The zero-order valence-electron chi connectivity index (χ0n) is 12.4. The van der Waals surface area contributed by atoms with Gasteiger partial charge in [0.25, 0.3) is 0 Å². The average molecular weight is 285 g/mol. The molecule has 0 bridgehead atoms. The van der Waals surface area contributed by atoms with Gasteiger partial charge >= 0.3 is 5.69 Å². The van der Waals surface area contributed by atoms with Crippen LogP contribution in [0.2, 0.25) is 0 Å². The summed E-state index contributed by atoms with van der Waals surface area (Å²) >= 11 is 0. The lowest BCUT2D eigenvalue weighted by Crippen LogP contribution is -2.18. The van der Waals surface area contributed by atoms with Crippen molar-refractivity contribution in [2.45, 2.75) is 26.4 Å². The Labute approximate surface area is 122 Å². The molecule has 0 radical (unpaired) electrons. The van der Waals surface area contributed by atoms with Gasteiger partial charge < -0.3 is 15.3 Å². The molecule has 6 heteroatoms. The van der Waals surface area contributed by atoms with Crippen molar-refractivity contribution in [2.75, 3.05) is 0 Å². The van der Waals surface area contributed by atoms with Crippen LogP contribution >= 0.6 is 0 Å². The summed E-state index contributed by atoms with van der Waals surface area (Å²) in [5.41, 5.74) is 5.00. The van der Waals surface area contributed by atoms with E-state index in [9.17, 15) is 4.79 Å². The van der Waals surface area contributed by atoms with Crippen molar-refractivity contribution in [1.82, 2.24) is 25.1 Å².